The third kappa shape index (κ3) is 2.89. The van der Waals surface area contributed by atoms with Gasteiger partial charge in [-0.15, -0.1) is 0 Å². The van der Waals surface area contributed by atoms with Crippen molar-refractivity contribution < 1.29 is 4.79 Å². The van der Waals surface area contributed by atoms with Gasteiger partial charge in [0, 0.05) is 24.0 Å². The van der Waals surface area contributed by atoms with Crippen molar-refractivity contribution in [3.8, 4) is 11.3 Å². The summed E-state index contributed by atoms with van der Waals surface area (Å²) in [6.45, 7) is 2.41. The van der Waals surface area contributed by atoms with Crippen LogP contribution in [0.15, 0.2) is 66.9 Å². The molecule has 1 aromatic heterocycles. The zero-order valence-corrected chi connectivity index (χ0v) is 16.3. The van der Waals surface area contributed by atoms with E-state index >= 15 is 0 Å². The summed E-state index contributed by atoms with van der Waals surface area (Å²) in [5, 5.41) is 3.45. The van der Waals surface area contributed by atoms with Gasteiger partial charge in [0.05, 0.1) is 16.8 Å². The van der Waals surface area contributed by atoms with Crippen molar-refractivity contribution in [2.75, 3.05) is 18.8 Å². The normalized spacial score (nSPS) is 17.5. The number of nitrogens with one attached hydrogen (secondary N) is 1. The van der Waals surface area contributed by atoms with Crippen LogP contribution in [0.1, 0.15) is 34.3 Å². The maximum Gasteiger partial charge on any atom is 0.255 e. The molecule has 0 radical (unpaired) electrons. The van der Waals surface area contributed by atoms with E-state index in [2.05, 4.69) is 33.4 Å². The van der Waals surface area contributed by atoms with Crippen LogP contribution in [0.4, 0.5) is 5.69 Å². The number of nitrogens with two attached hydrogens (primary N) is 1. The number of nitrogens with zero attached hydrogens (tertiary/aromatic N) is 2. The highest BCUT2D eigenvalue weighted by Gasteiger charge is 2.50. The maximum atomic E-state index is 13.8. The van der Waals surface area contributed by atoms with Crippen molar-refractivity contribution in [1.29, 1.82) is 0 Å². The standard InChI is InChI=1S/C24H24N4O/c25-18-9-12-27-21(15-18)19-7-4-8-20-22(19)23(29)28(16-17-5-2-1-3-6-17)24(20)10-13-26-14-11-24/h1-9,12,15,26H,10-11,13-14,16H2,(H2,25,27). The number of hydrogen-bond acceptors (Lipinski definition) is 4. The minimum atomic E-state index is -0.274. The summed E-state index contributed by atoms with van der Waals surface area (Å²) in [6.07, 6.45) is 3.52. The molecule has 1 spiro atoms. The Labute approximate surface area is 170 Å². The summed E-state index contributed by atoms with van der Waals surface area (Å²) < 4.78 is 0. The molecule has 5 nitrogen and oxygen atoms in total. The number of carbonyl (C=O) groups is 1. The molecular weight excluding hydrogens is 360 g/mol. The van der Waals surface area contributed by atoms with Crippen molar-refractivity contribution in [2.45, 2.75) is 24.9 Å². The first-order chi connectivity index (χ1) is 14.2. The first kappa shape index (κ1) is 17.9. The van der Waals surface area contributed by atoms with E-state index in [4.69, 9.17) is 5.73 Å². The Morgan fingerprint density at radius 2 is 1.83 bits per heavy atom. The predicted molar refractivity (Wildman–Crippen MR) is 114 cm³/mol. The Hall–Kier alpha value is -3.18. The van der Waals surface area contributed by atoms with Crippen molar-refractivity contribution in [3.05, 3.63) is 83.6 Å². The molecule has 2 aliphatic rings. The number of fused-ring (bicyclic) bond motifs is 2. The molecule has 1 amide bonds. The van der Waals surface area contributed by atoms with Crippen LogP contribution in [0, 0.1) is 0 Å². The Kier molecular flexibility index (Phi) is 4.32. The fourth-order valence-electron chi connectivity index (χ4n) is 4.82. The fourth-order valence-corrected chi connectivity index (χ4v) is 4.82. The zero-order chi connectivity index (χ0) is 19.8. The van der Waals surface area contributed by atoms with Crippen molar-refractivity contribution in [1.82, 2.24) is 15.2 Å². The lowest BCUT2D eigenvalue weighted by Gasteiger charge is -2.42. The van der Waals surface area contributed by atoms with Gasteiger partial charge in [0.1, 0.15) is 0 Å². The molecule has 0 unspecified atom stereocenters. The lowest BCUT2D eigenvalue weighted by molar-refractivity contribution is 0.0413. The van der Waals surface area contributed by atoms with Gasteiger partial charge in [-0.25, -0.2) is 0 Å². The molecule has 0 atom stereocenters. The molecule has 1 saturated heterocycles. The minimum Gasteiger partial charge on any atom is -0.399 e. The average molecular weight is 384 g/mol. The molecule has 5 rings (SSSR count). The number of carbonyl (C=O) groups excluding carboxylic acids is 1. The van der Waals surface area contributed by atoms with Gasteiger partial charge < -0.3 is 16.0 Å². The van der Waals surface area contributed by atoms with E-state index in [1.807, 2.05) is 36.4 Å². The monoisotopic (exact) mass is 384 g/mol. The zero-order valence-electron chi connectivity index (χ0n) is 16.3. The highest BCUT2D eigenvalue weighted by atomic mass is 16.2. The molecule has 0 bridgehead atoms. The van der Waals surface area contributed by atoms with Gasteiger partial charge >= 0.3 is 0 Å². The van der Waals surface area contributed by atoms with Crippen LogP contribution in [-0.2, 0) is 12.1 Å². The van der Waals surface area contributed by atoms with Gasteiger partial charge in [-0.3, -0.25) is 9.78 Å². The third-order valence-corrected chi connectivity index (χ3v) is 6.22. The Balaban J connectivity index is 1.66. The van der Waals surface area contributed by atoms with Crippen LogP contribution in [0.25, 0.3) is 11.3 Å². The lowest BCUT2D eigenvalue weighted by Crippen LogP contribution is -2.49. The molecule has 3 heterocycles. The molecule has 1 fully saturated rings. The molecule has 146 valence electrons. The first-order valence-corrected chi connectivity index (χ1v) is 10.1. The minimum absolute atomic E-state index is 0.0885. The van der Waals surface area contributed by atoms with Crippen LogP contribution in [0.2, 0.25) is 0 Å². The first-order valence-electron chi connectivity index (χ1n) is 10.1. The smallest absolute Gasteiger partial charge is 0.255 e. The molecule has 2 aliphatic heterocycles. The highest BCUT2D eigenvalue weighted by molar-refractivity contribution is 6.05. The summed E-state index contributed by atoms with van der Waals surface area (Å²) in [4.78, 5) is 20.4. The molecule has 5 heteroatoms. The Morgan fingerprint density at radius 3 is 2.59 bits per heavy atom. The van der Waals surface area contributed by atoms with Crippen LogP contribution >= 0.6 is 0 Å². The van der Waals surface area contributed by atoms with Crippen molar-refractivity contribution in [2.24, 2.45) is 0 Å². The number of rotatable bonds is 3. The van der Waals surface area contributed by atoms with Crippen molar-refractivity contribution >= 4 is 11.6 Å². The maximum absolute atomic E-state index is 13.8. The summed E-state index contributed by atoms with van der Waals surface area (Å²) in [7, 11) is 0. The van der Waals surface area contributed by atoms with Gasteiger partial charge in [-0.2, -0.15) is 0 Å². The van der Waals surface area contributed by atoms with E-state index in [0.717, 1.165) is 53.9 Å². The number of benzene rings is 2. The molecule has 3 aromatic rings. The van der Waals surface area contributed by atoms with Crippen LogP contribution < -0.4 is 11.1 Å². The Morgan fingerprint density at radius 1 is 1.03 bits per heavy atom. The van der Waals surface area contributed by atoms with Gasteiger partial charge in [0.15, 0.2) is 0 Å². The largest absolute Gasteiger partial charge is 0.399 e. The fraction of sp³-hybridized carbons (Fsp3) is 0.250. The second-order valence-corrected chi connectivity index (χ2v) is 7.86. The van der Waals surface area contributed by atoms with E-state index in [-0.39, 0.29) is 11.4 Å². The lowest BCUT2D eigenvalue weighted by atomic mass is 9.80. The van der Waals surface area contributed by atoms with E-state index in [0.29, 0.717) is 12.2 Å². The number of pyridine rings is 1. The molecule has 2 aromatic carbocycles. The molecule has 3 N–H and O–H groups in total. The van der Waals surface area contributed by atoms with E-state index in [9.17, 15) is 4.79 Å². The van der Waals surface area contributed by atoms with Crippen LogP contribution in [0.5, 0.6) is 0 Å². The highest BCUT2D eigenvalue weighted by Crippen LogP contribution is 2.48. The summed E-state index contributed by atoms with van der Waals surface area (Å²) >= 11 is 0. The van der Waals surface area contributed by atoms with E-state index in [1.54, 1.807) is 12.3 Å². The quantitative estimate of drug-likeness (QED) is 0.724. The second-order valence-electron chi connectivity index (χ2n) is 7.86. The van der Waals surface area contributed by atoms with E-state index < -0.39 is 0 Å². The molecule has 0 aliphatic carbocycles. The third-order valence-electron chi connectivity index (χ3n) is 6.22. The Bertz CT molecular complexity index is 1060. The summed E-state index contributed by atoms with van der Waals surface area (Å²) in [5.74, 6) is 0.0885. The second kappa shape index (κ2) is 7.01. The van der Waals surface area contributed by atoms with Gasteiger partial charge in [-0.05, 0) is 49.2 Å². The summed E-state index contributed by atoms with van der Waals surface area (Å²) in [6, 6.07) is 20.0. The van der Waals surface area contributed by atoms with Gasteiger partial charge in [0.25, 0.3) is 5.91 Å². The number of nitrogen functional groups attached to an aromatic ring is 1. The van der Waals surface area contributed by atoms with Crippen molar-refractivity contribution in [3.63, 3.8) is 0 Å². The van der Waals surface area contributed by atoms with Gasteiger partial charge in [-0.1, -0.05) is 48.5 Å². The topological polar surface area (TPSA) is 71.2 Å². The average Bonchev–Trinajstić information content (AvgIpc) is 2.98. The van der Waals surface area contributed by atoms with Gasteiger partial charge in [0.2, 0.25) is 0 Å². The number of piperidine rings is 1. The number of amides is 1. The molecular formula is C24H24N4O. The van der Waals surface area contributed by atoms with Crippen LogP contribution in [0.3, 0.4) is 0 Å². The summed E-state index contributed by atoms with van der Waals surface area (Å²) in [5.41, 5.74) is 11.0. The SMILES string of the molecule is Nc1ccnc(-c2cccc3c2C(=O)N(Cc2ccccc2)C32CCNCC2)c1. The number of anilines is 1. The number of aromatic nitrogens is 1. The predicted octanol–water partition coefficient (Wildman–Crippen LogP) is 3.57. The van der Waals surface area contributed by atoms with E-state index in [1.165, 1.54) is 0 Å². The molecule has 0 saturated carbocycles. The number of hydrogen-bond donors (Lipinski definition) is 2. The van der Waals surface area contributed by atoms with Crippen LogP contribution in [-0.4, -0.2) is 28.9 Å². The molecule has 29 heavy (non-hydrogen) atoms.